The van der Waals surface area contributed by atoms with Gasteiger partial charge in [0, 0.05) is 25.7 Å². The second-order valence-electron chi connectivity index (χ2n) is 5.78. The van der Waals surface area contributed by atoms with Gasteiger partial charge in [0.15, 0.2) is 17.5 Å². The molecular formula is C20H28IN3O3. The molecule has 7 heteroatoms. The monoisotopic (exact) mass is 485 g/mol. The maximum absolute atomic E-state index is 5.44. The van der Waals surface area contributed by atoms with Crippen LogP contribution in [0.1, 0.15) is 16.7 Å². The Kier molecular flexibility index (Phi) is 9.77. The number of benzene rings is 2. The van der Waals surface area contributed by atoms with Crippen molar-refractivity contribution in [2.24, 2.45) is 4.99 Å². The van der Waals surface area contributed by atoms with Crippen LogP contribution in [0.3, 0.4) is 0 Å². The van der Waals surface area contributed by atoms with Gasteiger partial charge in [-0.25, -0.2) is 0 Å². The highest BCUT2D eigenvalue weighted by molar-refractivity contribution is 14.0. The van der Waals surface area contributed by atoms with Gasteiger partial charge in [-0.05, 0) is 36.2 Å². The van der Waals surface area contributed by atoms with Gasteiger partial charge in [-0.15, -0.1) is 24.0 Å². The molecule has 0 saturated carbocycles. The third-order valence-corrected chi connectivity index (χ3v) is 4.02. The SMILES string of the molecule is CN=C(NCc1ccc(OC)c(OC)c1)NCc1ccc(C)cc1OC.I. The number of hydrogen-bond donors (Lipinski definition) is 2. The number of ether oxygens (including phenoxy) is 3. The molecule has 148 valence electrons. The first-order valence-electron chi connectivity index (χ1n) is 8.40. The van der Waals surface area contributed by atoms with Crippen LogP contribution in [-0.4, -0.2) is 34.3 Å². The lowest BCUT2D eigenvalue weighted by molar-refractivity contribution is 0.354. The number of rotatable bonds is 7. The first-order chi connectivity index (χ1) is 12.6. The molecule has 0 aliphatic heterocycles. The lowest BCUT2D eigenvalue weighted by Gasteiger charge is -2.15. The molecule has 2 N–H and O–H groups in total. The highest BCUT2D eigenvalue weighted by Gasteiger charge is 2.07. The highest BCUT2D eigenvalue weighted by Crippen LogP contribution is 2.27. The van der Waals surface area contributed by atoms with E-state index in [1.54, 1.807) is 28.4 Å². The number of aryl methyl sites for hydroxylation is 1. The zero-order chi connectivity index (χ0) is 18.9. The molecule has 0 atom stereocenters. The van der Waals surface area contributed by atoms with Crippen molar-refractivity contribution >= 4 is 29.9 Å². The Balaban J connectivity index is 0.00000364. The van der Waals surface area contributed by atoms with E-state index >= 15 is 0 Å². The fourth-order valence-corrected chi connectivity index (χ4v) is 2.57. The average Bonchev–Trinajstić information content (AvgIpc) is 2.68. The summed E-state index contributed by atoms with van der Waals surface area (Å²) in [6.45, 7) is 3.28. The molecule has 2 aromatic carbocycles. The average molecular weight is 485 g/mol. The summed E-state index contributed by atoms with van der Waals surface area (Å²) >= 11 is 0. The van der Waals surface area contributed by atoms with Gasteiger partial charge < -0.3 is 24.8 Å². The van der Waals surface area contributed by atoms with Gasteiger partial charge in [0.1, 0.15) is 5.75 Å². The van der Waals surface area contributed by atoms with E-state index < -0.39 is 0 Å². The minimum Gasteiger partial charge on any atom is -0.496 e. The Morgan fingerprint density at radius 3 is 2.15 bits per heavy atom. The van der Waals surface area contributed by atoms with Gasteiger partial charge in [0.05, 0.1) is 21.3 Å². The van der Waals surface area contributed by atoms with Gasteiger partial charge in [-0.2, -0.15) is 0 Å². The Labute approximate surface area is 178 Å². The zero-order valence-corrected chi connectivity index (χ0v) is 18.8. The molecule has 0 aromatic heterocycles. The zero-order valence-electron chi connectivity index (χ0n) is 16.5. The maximum Gasteiger partial charge on any atom is 0.191 e. The second-order valence-corrected chi connectivity index (χ2v) is 5.78. The summed E-state index contributed by atoms with van der Waals surface area (Å²) in [6, 6.07) is 12.0. The number of guanidine groups is 1. The molecule has 0 fully saturated rings. The normalized spacial score (nSPS) is 10.6. The van der Waals surface area contributed by atoms with Crippen LogP contribution in [0.15, 0.2) is 41.4 Å². The van der Waals surface area contributed by atoms with Crippen LogP contribution in [-0.2, 0) is 13.1 Å². The van der Waals surface area contributed by atoms with Crippen LogP contribution in [0, 0.1) is 6.92 Å². The molecule has 2 aromatic rings. The van der Waals surface area contributed by atoms with Crippen molar-refractivity contribution in [2.75, 3.05) is 28.4 Å². The van der Waals surface area contributed by atoms with E-state index in [9.17, 15) is 0 Å². The molecule has 0 bridgehead atoms. The smallest absolute Gasteiger partial charge is 0.191 e. The van der Waals surface area contributed by atoms with Gasteiger partial charge in [0.2, 0.25) is 0 Å². The van der Waals surface area contributed by atoms with Crippen molar-refractivity contribution in [3.63, 3.8) is 0 Å². The van der Waals surface area contributed by atoms with E-state index in [2.05, 4.69) is 27.8 Å². The molecule has 0 spiro atoms. The van der Waals surface area contributed by atoms with Gasteiger partial charge in [-0.1, -0.05) is 18.2 Å². The quantitative estimate of drug-likeness (QED) is 0.357. The molecule has 0 amide bonds. The molecule has 6 nitrogen and oxygen atoms in total. The number of halogens is 1. The summed E-state index contributed by atoms with van der Waals surface area (Å²) in [4.78, 5) is 4.27. The molecule has 0 radical (unpaired) electrons. The predicted octanol–water partition coefficient (Wildman–Crippen LogP) is 3.50. The molecule has 0 unspecified atom stereocenters. The van der Waals surface area contributed by atoms with Crippen molar-refractivity contribution in [3.8, 4) is 17.2 Å². The maximum atomic E-state index is 5.44. The Morgan fingerprint density at radius 2 is 1.52 bits per heavy atom. The first-order valence-corrected chi connectivity index (χ1v) is 8.40. The molecule has 2 rings (SSSR count). The second kappa shape index (κ2) is 11.5. The summed E-state index contributed by atoms with van der Waals surface area (Å²) in [6.07, 6.45) is 0. The predicted molar refractivity (Wildman–Crippen MR) is 120 cm³/mol. The van der Waals surface area contributed by atoms with E-state index in [4.69, 9.17) is 14.2 Å². The summed E-state index contributed by atoms with van der Waals surface area (Å²) in [5, 5.41) is 6.60. The third-order valence-electron chi connectivity index (χ3n) is 4.02. The summed E-state index contributed by atoms with van der Waals surface area (Å²) in [5.41, 5.74) is 3.31. The van der Waals surface area contributed by atoms with E-state index in [-0.39, 0.29) is 24.0 Å². The molecular weight excluding hydrogens is 457 g/mol. The first kappa shape index (κ1) is 22.9. The fourth-order valence-electron chi connectivity index (χ4n) is 2.57. The van der Waals surface area contributed by atoms with Gasteiger partial charge in [-0.3, -0.25) is 4.99 Å². The van der Waals surface area contributed by atoms with E-state index in [1.165, 1.54) is 5.56 Å². The van der Waals surface area contributed by atoms with Crippen molar-refractivity contribution in [3.05, 3.63) is 53.1 Å². The Hall–Kier alpha value is -2.16. The van der Waals surface area contributed by atoms with E-state index in [0.29, 0.717) is 30.5 Å². The van der Waals surface area contributed by atoms with E-state index in [1.807, 2.05) is 31.2 Å². The lowest BCUT2D eigenvalue weighted by atomic mass is 10.1. The van der Waals surface area contributed by atoms with Crippen LogP contribution >= 0.6 is 24.0 Å². The van der Waals surface area contributed by atoms with Gasteiger partial charge in [0.25, 0.3) is 0 Å². The number of hydrogen-bond acceptors (Lipinski definition) is 4. The largest absolute Gasteiger partial charge is 0.496 e. The van der Waals surface area contributed by atoms with Crippen LogP contribution in [0.25, 0.3) is 0 Å². The minimum atomic E-state index is 0. The third kappa shape index (κ3) is 6.50. The van der Waals surface area contributed by atoms with Crippen molar-refractivity contribution in [1.29, 1.82) is 0 Å². The van der Waals surface area contributed by atoms with Gasteiger partial charge >= 0.3 is 0 Å². The van der Waals surface area contributed by atoms with Crippen LogP contribution in [0.2, 0.25) is 0 Å². The number of nitrogens with one attached hydrogen (secondary N) is 2. The molecule has 0 aliphatic rings. The minimum absolute atomic E-state index is 0. The van der Waals surface area contributed by atoms with Crippen molar-refractivity contribution in [2.45, 2.75) is 20.0 Å². The summed E-state index contributed by atoms with van der Waals surface area (Å²) < 4.78 is 16.0. The molecule has 27 heavy (non-hydrogen) atoms. The van der Waals surface area contributed by atoms with E-state index in [0.717, 1.165) is 16.9 Å². The van der Waals surface area contributed by atoms with Crippen molar-refractivity contribution in [1.82, 2.24) is 10.6 Å². The van der Waals surface area contributed by atoms with Crippen LogP contribution in [0.5, 0.6) is 17.2 Å². The Morgan fingerprint density at radius 1 is 0.852 bits per heavy atom. The number of aliphatic imine (C=N–C) groups is 1. The summed E-state index contributed by atoms with van der Waals surface area (Å²) in [7, 11) is 6.68. The van der Waals surface area contributed by atoms with Crippen molar-refractivity contribution < 1.29 is 14.2 Å². The Bertz CT molecular complexity index is 766. The van der Waals surface area contributed by atoms with Crippen LogP contribution < -0.4 is 24.8 Å². The molecule has 0 saturated heterocycles. The standard InChI is InChI=1S/C20H27N3O3.HI/c1-14-6-8-16(18(10-14)25-4)13-23-20(21-2)22-12-15-7-9-17(24-3)19(11-15)26-5;/h6-11H,12-13H2,1-5H3,(H2,21,22,23);1H. The summed E-state index contributed by atoms with van der Waals surface area (Å²) in [5.74, 6) is 3.00. The fraction of sp³-hybridized carbons (Fsp3) is 0.350. The lowest BCUT2D eigenvalue weighted by Crippen LogP contribution is -2.36. The molecule has 0 heterocycles. The number of nitrogens with zero attached hydrogens (tertiary/aromatic N) is 1. The topological polar surface area (TPSA) is 64.1 Å². The number of methoxy groups -OCH3 is 3. The van der Waals surface area contributed by atoms with Crippen LogP contribution in [0.4, 0.5) is 0 Å². The highest BCUT2D eigenvalue weighted by atomic mass is 127. The molecule has 0 aliphatic carbocycles.